The first-order chi connectivity index (χ1) is 7.14. The van der Waals surface area contributed by atoms with Gasteiger partial charge in [0.15, 0.2) is 0 Å². The molecular weight excluding hydrogens is 210 g/mol. The SMILES string of the molecule is CCC(C)NC1(C(=O)OC)CCCSC1. The number of ether oxygens (including phenoxy) is 1. The van der Waals surface area contributed by atoms with Gasteiger partial charge >= 0.3 is 5.97 Å². The van der Waals surface area contributed by atoms with Crippen molar-refractivity contribution in [2.45, 2.75) is 44.7 Å². The molecule has 0 spiro atoms. The van der Waals surface area contributed by atoms with E-state index in [9.17, 15) is 4.79 Å². The third-order valence-electron chi connectivity index (χ3n) is 2.95. The first-order valence-electron chi connectivity index (χ1n) is 5.58. The molecule has 1 saturated heterocycles. The summed E-state index contributed by atoms with van der Waals surface area (Å²) in [5, 5.41) is 3.44. The van der Waals surface area contributed by atoms with E-state index < -0.39 is 5.54 Å². The largest absolute Gasteiger partial charge is 0.468 e. The molecule has 15 heavy (non-hydrogen) atoms. The zero-order valence-electron chi connectivity index (χ0n) is 9.84. The number of carbonyl (C=O) groups excluding carboxylic acids is 1. The molecule has 1 aliphatic heterocycles. The Hall–Kier alpha value is -0.220. The molecule has 0 radical (unpaired) electrons. The highest BCUT2D eigenvalue weighted by Crippen LogP contribution is 2.28. The smallest absolute Gasteiger partial charge is 0.326 e. The normalized spacial score (nSPS) is 28.5. The minimum absolute atomic E-state index is 0.102. The summed E-state index contributed by atoms with van der Waals surface area (Å²) < 4.78 is 4.92. The lowest BCUT2D eigenvalue weighted by molar-refractivity contribution is -0.148. The summed E-state index contributed by atoms with van der Waals surface area (Å²) in [5.41, 5.74) is -0.437. The minimum atomic E-state index is -0.437. The maximum atomic E-state index is 11.8. The van der Waals surface area contributed by atoms with Crippen LogP contribution in [-0.4, -0.2) is 36.2 Å². The Morgan fingerprint density at radius 3 is 2.87 bits per heavy atom. The molecular formula is C11H21NO2S. The van der Waals surface area contributed by atoms with Crippen molar-refractivity contribution in [2.75, 3.05) is 18.6 Å². The van der Waals surface area contributed by atoms with Gasteiger partial charge in [-0.2, -0.15) is 11.8 Å². The molecule has 2 atom stereocenters. The molecule has 0 aromatic carbocycles. The van der Waals surface area contributed by atoms with Crippen molar-refractivity contribution >= 4 is 17.7 Å². The van der Waals surface area contributed by atoms with E-state index in [-0.39, 0.29) is 5.97 Å². The predicted octanol–water partition coefficient (Wildman–Crippen LogP) is 1.81. The highest BCUT2D eigenvalue weighted by molar-refractivity contribution is 7.99. The van der Waals surface area contributed by atoms with Crippen molar-refractivity contribution < 1.29 is 9.53 Å². The number of rotatable bonds is 4. The zero-order chi connectivity index (χ0) is 11.3. The van der Waals surface area contributed by atoms with Crippen LogP contribution in [0.4, 0.5) is 0 Å². The molecule has 3 nitrogen and oxygen atoms in total. The van der Waals surface area contributed by atoms with Crippen LogP contribution in [-0.2, 0) is 9.53 Å². The Bertz CT molecular complexity index is 215. The zero-order valence-corrected chi connectivity index (χ0v) is 10.7. The average Bonchev–Trinajstić information content (AvgIpc) is 2.29. The standard InChI is InChI=1S/C11H21NO2S/c1-4-9(2)12-11(10(13)14-3)6-5-7-15-8-11/h9,12H,4-8H2,1-3H3. The van der Waals surface area contributed by atoms with Crippen LogP contribution >= 0.6 is 11.8 Å². The third kappa shape index (κ3) is 3.11. The quantitative estimate of drug-likeness (QED) is 0.749. The van der Waals surface area contributed by atoms with Crippen LogP contribution in [0.1, 0.15) is 33.1 Å². The second-order valence-corrected chi connectivity index (χ2v) is 5.29. The molecule has 4 heteroatoms. The molecule has 0 saturated carbocycles. The lowest BCUT2D eigenvalue weighted by Gasteiger charge is -2.37. The van der Waals surface area contributed by atoms with Gasteiger partial charge in [0.25, 0.3) is 0 Å². The second kappa shape index (κ2) is 5.75. The van der Waals surface area contributed by atoms with Crippen molar-refractivity contribution in [1.82, 2.24) is 5.32 Å². The van der Waals surface area contributed by atoms with Crippen LogP contribution in [0.15, 0.2) is 0 Å². The summed E-state index contributed by atoms with van der Waals surface area (Å²) in [6.45, 7) is 4.24. The molecule has 0 amide bonds. The van der Waals surface area contributed by atoms with Crippen molar-refractivity contribution in [2.24, 2.45) is 0 Å². The van der Waals surface area contributed by atoms with Crippen molar-refractivity contribution in [1.29, 1.82) is 0 Å². The Labute approximate surface area is 96.3 Å². The van der Waals surface area contributed by atoms with Gasteiger partial charge in [0.05, 0.1) is 7.11 Å². The van der Waals surface area contributed by atoms with Gasteiger partial charge in [0, 0.05) is 11.8 Å². The van der Waals surface area contributed by atoms with Gasteiger partial charge in [-0.3, -0.25) is 10.1 Å². The maximum Gasteiger partial charge on any atom is 0.326 e. The van der Waals surface area contributed by atoms with Gasteiger partial charge in [-0.05, 0) is 31.9 Å². The van der Waals surface area contributed by atoms with E-state index in [1.54, 1.807) is 0 Å². The lowest BCUT2D eigenvalue weighted by Crippen LogP contribution is -2.58. The predicted molar refractivity (Wildman–Crippen MR) is 64.2 cm³/mol. The molecule has 0 aromatic rings. The third-order valence-corrected chi connectivity index (χ3v) is 4.23. The Kier molecular flexibility index (Phi) is 4.93. The first-order valence-corrected chi connectivity index (χ1v) is 6.74. The molecule has 1 N–H and O–H groups in total. The summed E-state index contributed by atoms with van der Waals surface area (Å²) >= 11 is 1.83. The number of esters is 1. The summed E-state index contributed by atoms with van der Waals surface area (Å²) in [6, 6.07) is 0.364. The highest BCUT2D eigenvalue weighted by Gasteiger charge is 2.41. The summed E-state index contributed by atoms with van der Waals surface area (Å²) in [6.07, 6.45) is 3.02. The van der Waals surface area contributed by atoms with Gasteiger partial charge in [-0.1, -0.05) is 6.92 Å². The van der Waals surface area contributed by atoms with Gasteiger partial charge in [0.1, 0.15) is 5.54 Å². The molecule has 1 fully saturated rings. The van der Waals surface area contributed by atoms with Gasteiger partial charge < -0.3 is 4.74 Å². The van der Waals surface area contributed by atoms with Crippen LogP contribution in [0.3, 0.4) is 0 Å². The second-order valence-electron chi connectivity index (χ2n) is 4.18. The van der Waals surface area contributed by atoms with Crippen LogP contribution in [0.2, 0.25) is 0 Å². The fraction of sp³-hybridized carbons (Fsp3) is 0.909. The summed E-state index contributed by atoms with van der Waals surface area (Å²) in [7, 11) is 1.47. The van der Waals surface area contributed by atoms with Gasteiger partial charge in [-0.15, -0.1) is 0 Å². The number of thioether (sulfide) groups is 1. The molecule has 1 rings (SSSR count). The Balaban J connectivity index is 2.70. The minimum Gasteiger partial charge on any atom is -0.468 e. The van der Waals surface area contributed by atoms with Crippen molar-refractivity contribution in [3.05, 3.63) is 0 Å². The maximum absolute atomic E-state index is 11.8. The molecule has 0 aliphatic carbocycles. The first kappa shape index (κ1) is 12.8. The fourth-order valence-corrected chi connectivity index (χ4v) is 3.08. The van der Waals surface area contributed by atoms with Gasteiger partial charge in [-0.25, -0.2) is 0 Å². The van der Waals surface area contributed by atoms with Crippen LogP contribution < -0.4 is 5.32 Å². The van der Waals surface area contributed by atoms with Crippen LogP contribution in [0.5, 0.6) is 0 Å². The monoisotopic (exact) mass is 231 g/mol. The van der Waals surface area contributed by atoms with Crippen LogP contribution in [0, 0.1) is 0 Å². The highest BCUT2D eigenvalue weighted by atomic mass is 32.2. The van der Waals surface area contributed by atoms with E-state index >= 15 is 0 Å². The number of hydrogen-bond acceptors (Lipinski definition) is 4. The molecule has 0 aromatic heterocycles. The molecule has 2 unspecified atom stereocenters. The van der Waals surface area contributed by atoms with Gasteiger partial charge in [0.2, 0.25) is 0 Å². The van der Waals surface area contributed by atoms with E-state index in [0.717, 1.165) is 30.8 Å². The van der Waals surface area contributed by atoms with Crippen LogP contribution in [0.25, 0.3) is 0 Å². The Morgan fingerprint density at radius 2 is 2.40 bits per heavy atom. The number of nitrogens with one attached hydrogen (secondary N) is 1. The molecule has 1 aliphatic rings. The van der Waals surface area contributed by atoms with E-state index in [0.29, 0.717) is 6.04 Å². The van der Waals surface area contributed by atoms with E-state index in [2.05, 4.69) is 19.2 Å². The summed E-state index contributed by atoms with van der Waals surface area (Å²) in [5.74, 6) is 1.89. The molecule has 88 valence electrons. The summed E-state index contributed by atoms with van der Waals surface area (Å²) in [4.78, 5) is 11.8. The Morgan fingerprint density at radius 1 is 1.67 bits per heavy atom. The number of methoxy groups -OCH3 is 1. The van der Waals surface area contributed by atoms with Crippen molar-refractivity contribution in [3.63, 3.8) is 0 Å². The molecule has 1 heterocycles. The average molecular weight is 231 g/mol. The number of carbonyl (C=O) groups is 1. The van der Waals surface area contributed by atoms with E-state index in [4.69, 9.17) is 4.74 Å². The number of hydrogen-bond donors (Lipinski definition) is 1. The molecule has 0 bridgehead atoms. The van der Waals surface area contributed by atoms with E-state index in [1.807, 2.05) is 11.8 Å². The lowest BCUT2D eigenvalue weighted by atomic mass is 9.94. The topological polar surface area (TPSA) is 38.3 Å². The fourth-order valence-electron chi connectivity index (χ4n) is 1.90. The van der Waals surface area contributed by atoms with E-state index in [1.165, 1.54) is 7.11 Å². The van der Waals surface area contributed by atoms with Crippen molar-refractivity contribution in [3.8, 4) is 0 Å².